The van der Waals surface area contributed by atoms with Crippen LogP contribution in [0.1, 0.15) is 48.9 Å². The highest BCUT2D eigenvalue weighted by atomic mass is 79.9. The number of rotatable bonds is 9. The molecule has 0 radical (unpaired) electrons. The Bertz CT molecular complexity index is 1780. The minimum Gasteiger partial charge on any atom is -0.441 e. The number of nitrogens with zero attached hydrogens (tertiary/aromatic N) is 3. The number of β-lactam (4-membered cyclic amide) rings is 1. The van der Waals surface area contributed by atoms with E-state index in [1.165, 1.54) is 16.7 Å². The van der Waals surface area contributed by atoms with Crippen LogP contribution in [-0.4, -0.2) is 57.7 Å². The molecule has 6 rings (SSSR count). The first-order valence-corrected chi connectivity index (χ1v) is 16.4. The summed E-state index contributed by atoms with van der Waals surface area (Å²) in [6.07, 6.45) is 3.44. The van der Waals surface area contributed by atoms with Crippen LogP contribution in [0.15, 0.2) is 83.4 Å². The van der Waals surface area contributed by atoms with Gasteiger partial charge in [-0.15, -0.1) is 0 Å². The molecule has 0 saturated carbocycles. The number of aliphatic hydroxyl groups excluding tert-OH is 1. The molecule has 3 aromatic rings. The van der Waals surface area contributed by atoms with Gasteiger partial charge in [-0.05, 0) is 53.4 Å². The molecule has 4 atom stereocenters. The zero-order chi connectivity index (χ0) is 33.5. The summed E-state index contributed by atoms with van der Waals surface area (Å²) in [5.41, 5.74) is 2.54. The molecule has 3 aliphatic heterocycles. The van der Waals surface area contributed by atoms with Gasteiger partial charge in [0.25, 0.3) is 5.91 Å². The highest BCUT2D eigenvalue weighted by Crippen LogP contribution is 2.47. The van der Waals surface area contributed by atoms with Gasteiger partial charge in [0.15, 0.2) is 11.8 Å². The molecule has 2 N–H and O–H groups in total. The number of carbonyl (C=O) groups excluding carboxylic acids is 4. The van der Waals surface area contributed by atoms with Gasteiger partial charge in [-0.1, -0.05) is 71.4 Å². The van der Waals surface area contributed by atoms with E-state index in [2.05, 4.69) is 15.9 Å². The lowest BCUT2D eigenvalue weighted by molar-refractivity contribution is -0.154. The van der Waals surface area contributed by atoms with Crippen LogP contribution < -0.4 is 9.80 Å². The Morgan fingerprint density at radius 1 is 1.06 bits per heavy atom. The molecule has 1 fully saturated rings. The molecular formula is C36H36BrN3O7. The molecule has 1 unspecified atom stereocenters. The van der Waals surface area contributed by atoms with Gasteiger partial charge in [-0.2, -0.15) is 0 Å². The Morgan fingerprint density at radius 2 is 1.83 bits per heavy atom. The van der Waals surface area contributed by atoms with Crippen LogP contribution in [0.25, 0.3) is 0 Å². The van der Waals surface area contributed by atoms with Gasteiger partial charge < -0.3 is 24.7 Å². The van der Waals surface area contributed by atoms with Crippen LogP contribution in [0, 0.1) is 5.92 Å². The van der Waals surface area contributed by atoms with Crippen molar-refractivity contribution < 1.29 is 34.1 Å². The summed E-state index contributed by atoms with van der Waals surface area (Å²) in [6.45, 7) is 3.44. The Labute approximate surface area is 281 Å². The Balaban J connectivity index is 1.20. The predicted octanol–water partition coefficient (Wildman–Crippen LogP) is 4.34. The smallest absolute Gasteiger partial charge is 0.304 e. The predicted molar refractivity (Wildman–Crippen MR) is 178 cm³/mol. The summed E-state index contributed by atoms with van der Waals surface area (Å²) < 4.78 is 5.95. The van der Waals surface area contributed by atoms with Crippen molar-refractivity contribution in [2.45, 2.75) is 64.1 Å². The first kappa shape index (κ1) is 32.6. The monoisotopic (exact) mass is 701 g/mol. The van der Waals surface area contributed by atoms with E-state index in [0.29, 0.717) is 39.9 Å². The van der Waals surface area contributed by atoms with Gasteiger partial charge in [0.05, 0.1) is 31.3 Å². The fraction of sp³-hybridized carbons (Fsp3) is 0.333. The van der Waals surface area contributed by atoms with E-state index < -0.39 is 29.6 Å². The number of anilines is 2. The number of benzene rings is 3. The summed E-state index contributed by atoms with van der Waals surface area (Å²) in [5, 5.41) is 22.1. The number of ether oxygens (including phenoxy) is 1. The van der Waals surface area contributed by atoms with E-state index in [1.54, 1.807) is 60.4 Å². The number of esters is 1. The summed E-state index contributed by atoms with van der Waals surface area (Å²) in [7, 11) is 0. The average Bonchev–Trinajstić information content (AvgIpc) is 3.25. The third kappa shape index (κ3) is 6.10. The van der Waals surface area contributed by atoms with Crippen LogP contribution in [0.4, 0.5) is 11.4 Å². The van der Waals surface area contributed by atoms with Crippen molar-refractivity contribution in [3.8, 4) is 0 Å². The van der Waals surface area contributed by atoms with E-state index in [0.717, 1.165) is 11.1 Å². The first-order valence-electron chi connectivity index (χ1n) is 15.6. The summed E-state index contributed by atoms with van der Waals surface area (Å²) in [5.74, 6) is -2.00. The van der Waals surface area contributed by atoms with Gasteiger partial charge in [-0.25, -0.2) is 0 Å². The molecule has 0 aromatic heterocycles. The topological polar surface area (TPSA) is 128 Å². The van der Waals surface area contributed by atoms with Gasteiger partial charge in [0, 0.05) is 41.5 Å². The molecule has 244 valence electrons. The van der Waals surface area contributed by atoms with E-state index >= 15 is 0 Å². The third-order valence-electron chi connectivity index (χ3n) is 9.23. The van der Waals surface area contributed by atoms with E-state index in [1.807, 2.05) is 30.3 Å². The average molecular weight is 703 g/mol. The number of fused-ring (bicyclic) bond motifs is 2. The molecule has 47 heavy (non-hydrogen) atoms. The van der Waals surface area contributed by atoms with Crippen LogP contribution in [0.5, 0.6) is 0 Å². The van der Waals surface area contributed by atoms with E-state index in [-0.39, 0.29) is 43.8 Å². The van der Waals surface area contributed by atoms with Crippen molar-refractivity contribution in [3.05, 3.63) is 106 Å². The number of aliphatic hydroxyl groups is 2. The molecule has 0 spiro atoms. The maximum atomic E-state index is 14.1. The molecule has 3 heterocycles. The second-order valence-corrected chi connectivity index (χ2v) is 13.2. The van der Waals surface area contributed by atoms with Crippen molar-refractivity contribution in [1.29, 1.82) is 0 Å². The van der Waals surface area contributed by atoms with Gasteiger partial charge in [0.2, 0.25) is 11.8 Å². The molecule has 0 bridgehead atoms. The fourth-order valence-electron chi connectivity index (χ4n) is 6.72. The minimum absolute atomic E-state index is 0.0542. The molecule has 11 heteroatoms. The number of amides is 3. The van der Waals surface area contributed by atoms with Crippen molar-refractivity contribution >= 4 is 51.0 Å². The van der Waals surface area contributed by atoms with E-state index in [9.17, 15) is 29.4 Å². The Kier molecular flexibility index (Phi) is 9.06. The lowest BCUT2D eigenvalue weighted by Crippen LogP contribution is -2.54. The summed E-state index contributed by atoms with van der Waals surface area (Å²) >= 11 is 3.48. The zero-order valence-electron chi connectivity index (χ0n) is 26.1. The van der Waals surface area contributed by atoms with E-state index in [4.69, 9.17) is 4.74 Å². The third-order valence-corrected chi connectivity index (χ3v) is 9.72. The first-order chi connectivity index (χ1) is 22.5. The van der Waals surface area contributed by atoms with Crippen molar-refractivity contribution in [3.63, 3.8) is 0 Å². The van der Waals surface area contributed by atoms with Gasteiger partial charge >= 0.3 is 5.97 Å². The van der Waals surface area contributed by atoms with Crippen LogP contribution >= 0.6 is 15.9 Å². The number of halogens is 1. The van der Waals surface area contributed by atoms with Crippen molar-refractivity contribution in [2.75, 3.05) is 16.4 Å². The van der Waals surface area contributed by atoms with Gasteiger partial charge in [-0.3, -0.25) is 24.1 Å². The SMILES string of the molecule is CC(=O)OC1CC(=O)N1c1cccc(CN2C(=O)[C@](O)([C@H](C)/C=C/CC(=O)N3Cc4ccccc4C[C@H]3CO)c3cc(Br)ccc32)c1. The lowest BCUT2D eigenvalue weighted by atomic mass is 9.83. The molecule has 3 aromatic carbocycles. The van der Waals surface area contributed by atoms with Crippen molar-refractivity contribution in [2.24, 2.45) is 5.92 Å². The molecule has 0 aliphatic carbocycles. The van der Waals surface area contributed by atoms with Crippen LogP contribution in [0.3, 0.4) is 0 Å². The molecule has 3 aliphatic rings. The van der Waals surface area contributed by atoms with Gasteiger partial charge in [0.1, 0.15) is 0 Å². The Hall–Kier alpha value is -4.32. The van der Waals surface area contributed by atoms with Crippen LogP contribution in [0.2, 0.25) is 0 Å². The second-order valence-electron chi connectivity index (χ2n) is 12.3. The zero-order valence-corrected chi connectivity index (χ0v) is 27.7. The Morgan fingerprint density at radius 3 is 2.55 bits per heavy atom. The maximum Gasteiger partial charge on any atom is 0.304 e. The standard InChI is InChI=1S/C36H36BrN3O7/c1-22(7-5-12-32(43)38-20-26-10-4-3-9-25(26)16-29(38)21-41)36(46)30-17-27(37)13-14-31(30)39(35(36)45)19-24-8-6-11-28(15-24)40-33(44)18-34(40)47-23(2)42/h3-11,13-15,17,22,29,34,41,46H,12,16,18-21H2,1-2H3/b7-5+/t22-,29+,34?,36+/m1/s1. The fourth-order valence-corrected chi connectivity index (χ4v) is 7.08. The summed E-state index contributed by atoms with van der Waals surface area (Å²) in [6, 6.07) is 20.0. The molecule has 3 amide bonds. The maximum absolute atomic E-state index is 14.1. The molecule has 10 nitrogen and oxygen atoms in total. The van der Waals surface area contributed by atoms with Crippen LogP contribution in [-0.2, 0) is 49.0 Å². The minimum atomic E-state index is -1.90. The molecular weight excluding hydrogens is 666 g/mol. The number of hydrogen-bond acceptors (Lipinski definition) is 7. The highest BCUT2D eigenvalue weighted by molar-refractivity contribution is 9.10. The second kappa shape index (κ2) is 13.1. The largest absolute Gasteiger partial charge is 0.441 e. The number of hydrogen-bond donors (Lipinski definition) is 2. The highest BCUT2D eigenvalue weighted by Gasteiger charge is 2.52. The lowest BCUT2D eigenvalue weighted by Gasteiger charge is -2.39. The van der Waals surface area contributed by atoms with Crippen molar-refractivity contribution in [1.82, 2.24) is 4.90 Å². The quantitative estimate of drug-likeness (QED) is 0.193. The number of carbonyl (C=O) groups is 4. The summed E-state index contributed by atoms with van der Waals surface area (Å²) in [4.78, 5) is 55.9. The normalized spacial score (nSPS) is 22.6. The molecule has 1 saturated heterocycles.